The number of hydrogen-bond donors (Lipinski definition) is 0. The van der Waals surface area contributed by atoms with Gasteiger partial charge in [0.25, 0.3) is 0 Å². The number of hydrogen-bond acceptors (Lipinski definition) is 1. The van der Waals surface area contributed by atoms with Crippen molar-refractivity contribution in [2.75, 3.05) is 0 Å². The van der Waals surface area contributed by atoms with Gasteiger partial charge in [-0.25, -0.2) is 13.2 Å². The summed E-state index contributed by atoms with van der Waals surface area (Å²) in [6.45, 7) is 3.54. The maximum Gasteiger partial charge on any atom is 0.194 e. The van der Waals surface area contributed by atoms with Crippen molar-refractivity contribution in [1.29, 1.82) is 0 Å². The molecule has 0 aliphatic heterocycles. The summed E-state index contributed by atoms with van der Waals surface area (Å²) in [5, 5.41) is 0. The molecule has 0 aromatic heterocycles. The van der Waals surface area contributed by atoms with E-state index in [2.05, 4.69) is 11.7 Å². The van der Waals surface area contributed by atoms with Crippen LogP contribution >= 0.6 is 0 Å². The zero-order valence-corrected chi connectivity index (χ0v) is 12.1. The van der Waals surface area contributed by atoms with E-state index in [9.17, 15) is 13.2 Å². The first-order valence-electron chi connectivity index (χ1n) is 6.92. The summed E-state index contributed by atoms with van der Waals surface area (Å²) in [5.74, 6) is -3.93. The van der Waals surface area contributed by atoms with Crippen LogP contribution < -0.4 is 0 Å². The molecule has 0 heterocycles. The molecule has 3 aromatic rings. The molecular formula is C19H12F3N. The van der Waals surface area contributed by atoms with Crippen LogP contribution in [0.15, 0.2) is 65.7 Å². The molecule has 0 atom stereocenters. The van der Waals surface area contributed by atoms with Gasteiger partial charge in [-0.15, -0.1) is 0 Å². The highest BCUT2D eigenvalue weighted by molar-refractivity contribution is 5.91. The van der Waals surface area contributed by atoms with Gasteiger partial charge in [-0.3, -0.25) is 4.99 Å². The van der Waals surface area contributed by atoms with E-state index in [-0.39, 0.29) is 5.56 Å². The lowest BCUT2D eigenvalue weighted by atomic mass is 9.93. The lowest BCUT2D eigenvalue weighted by Gasteiger charge is -2.13. The summed E-state index contributed by atoms with van der Waals surface area (Å²) in [7, 11) is 0. The molecule has 0 aliphatic rings. The molecule has 0 unspecified atom stereocenters. The van der Waals surface area contributed by atoms with Gasteiger partial charge in [0.2, 0.25) is 0 Å². The van der Waals surface area contributed by atoms with Crippen LogP contribution in [-0.4, -0.2) is 6.72 Å². The van der Waals surface area contributed by atoms with Crippen molar-refractivity contribution < 1.29 is 13.2 Å². The Bertz CT molecular complexity index is 850. The van der Waals surface area contributed by atoms with Crippen molar-refractivity contribution in [3.63, 3.8) is 0 Å². The smallest absolute Gasteiger partial charge is 0.194 e. The quantitative estimate of drug-likeness (QED) is 0.430. The van der Waals surface area contributed by atoms with Gasteiger partial charge < -0.3 is 0 Å². The van der Waals surface area contributed by atoms with E-state index in [1.165, 1.54) is 0 Å². The number of aliphatic imine (C=N–C) groups is 1. The molecule has 0 aliphatic carbocycles. The predicted molar refractivity (Wildman–Crippen MR) is 86.4 cm³/mol. The second-order valence-electron chi connectivity index (χ2n) is 4.98. The van der Waals surface area contributed by atoms with Gasteiger partial charge in [-0.05, 0) is 41.6 Å². The Labute approximate surface area is 131 Å². The summed E-state index contributed by atoms with van der Waals surface area (Å²) in [6, 6.07) is 16.4. The van der Waals surface area contributed by atoms with Crippen LogP contribution in [-0.2, 0) is 0 Å². The number of rotatable bonds is 3. The summed E-state index contributed by atoms with van der Waals surface area (Å²) >= 11 is 0. The van der Waals surface area contributed by atoms with E-state index in [1.807, 2.05) is 30.3 Å². The molecule has 0 amide bonds. The average molecular weight is 311 g/mol. The van der Waals surface area contributed by atoms with Crippen LogP contribution in [0.5, 0.6) is 0 Å². The van der Waals surface area contributed by atoms with Crippen LogP contribution in [0.2, 0.25) is 0 Å². The van der Waals surface area contributed by atoms with Crippen molar-refractivity contribution in [3.8, 4) is 22.3 Å². The Kier molecular flexibility index (Phi) is 3.98. The van der Waals surface area contributed by atoms with Gasteiger partial charge >= 0.3 is 0 Å². The van der Waals surface area contributed by atoms with Crippen LogP contribution in [0.25, 0.3) is 22.3 Å². The monoisotopic (exact) mass is 311 g/mol. The maximum atomic E-state index is 13.6. The Morgan fingerprint density at radius 1 is 0.739 bits per heavy atom. The van der Waals surface area contributed by atoms with Crippen molar-refractivity contribution >= 4 is 12.4 Å². The Morgan fingerprint density at radius 3 is 2.00 bits per heavy atom. The molecule has 0 saturated carbocycles. The molecule has 4 heteroatoms. The van der Waals surface area contributed by atoms with E-state index < -0.39 is 17.5 Å². The second kappa shape index (κ2) is 6.08. The fourth-order valence-electron chi connectivity index (χ4n) is 2.53. The zero-order valence-electron chi connectivity index (χ0n) is 12.1. The van der Waals surface area contributed by atoms with Crippen LogP contribution in [0, 0.1) is 17.5 Å². The fourth-order valence-corrected chi connectivity index (χ4v) is 2.53. The van der Waals surface area contributed by atoms with E-state index in [0.29, 0.717) is 16.8 Å². The predicted octanol–water partition coefficient (Wildman–Crippen LogP) is 5.77. The van der Waals surface area contributed by atoms with Crippen molar-refractivity contribution in [3.05, 3.63) is 78.1 Å². The lowest BCUT2D eigenvalue weighted by Crippen LogP contribution is -1.93. The van der Waals surface area contributed by atoms with E-state index in [1.54, 1.807) is 18.2 Å². The van der Waals surface area contributed by atoms with Gasteiger partial charge in [0.15, 0.2) is 17.5 Å². The highest BCUT2D eigenvalue weighted by atomic mass is 19.2. The highest BCUT2D eigenvalue weighted by Gasteiger charge is 2.16. The molecule has 3 aromatic carbocycles. The number of halogens is 3. The highest BCUT2D eigenvalue weighted by Crippen LogP contribution is 2.39. The first-order chi connectivity index (χ1) is 11.1. The number of nitrogens with zero attached hydrogens (tertiary/aromatic N) is 1. The lowest BCUT2D eigenvalue weighted by molar-refractivity contribution is 0.448. The van der Waals surface area contributed by atoms with E-state index in [4.69, 9.17) is 0 Å². The molecule has 0 spiro atoms. The van der Waals surface area contributed by atoms with E-state index in [0.717, 1.165) is 17.7 Å². The van der Waals surface area contributed by atoms with Crippen molar-refractivity contribution in [2.24, 2.45) is 4.99 Å². The molecule has 0 radical (unpaired) electrons. The van der Waals surface area contributed by atoms with Crippen LogP contribution in [0.1, 0.15) is 0 Å². The second-order valence-corrected chi connectivity index (χ2v) is 4.98. The standard InChI is InChI=1S/C19H12F3N/c1-23-17-9-5-8-14(18(17)12-6-3-2-4-7-12)13-10-15(20)19(22)16(21)11-13/h2-11H,1H2. The van der Waals surface area contributed by atoms with Gasteiger partial charge in [-0.1, -0.05) is 42.5 Å². The minimum Gasteiger partial charge on any atom is -0.264 e. The Morgan fingerprint density at radius 2 is 1.39 bits per heavy atom. The third-order valence-electron chi connectivity index (χ3n) is 3.57. The van der Waals surface area contributed by atoms with Crippen LogP contribution in [0.4, 0.5) is 18.9 Å². The molecule has 3 rings (SSSR count). The topological polar surface area (TPSA) is 12.4 Å². The molecule has 23 heavy (non-hydrogen) atoms. The molecule has 0 N–H and O–H groups in total. The normalized spacial score (nSPS) is 10.6. The van der Waals surface area contributed by atoms with Gasteiger partial charge in [0.1, 0.15) is 0 Å². The molecule has 114 valence electrons. The third-order valence-corrected chi connectivity index (χ3v) is 3.57. The average Bonchev–Trinajstić information content (AvgIpc) is 2.59. The minimum atomic E-state index is -1.48. The summed E-state index contributed by atoms with van der Waals surface area (Å²) < 4.78 is 40.4. The molecule has 0 bridgehead atoms. The van der Waals surface area contributed by atoms with Gasteiger partial charge in [0.05, 0.1) is 5.69 Å². The summed E-state index contributed by atoms with van der Waals surface area (Å²) in [6.07, 6.45) is 0. The van der Waals surface area contributed by atoms with Gasteiger partial charge in [0, 0.05) is 5.56 Å². The SMILES string of the molecule is C=Nc1cccc(-c2cc(F)c(F)c(F)c2)c1-c1ccccc1. The largest absolute Gasteiger partial charge is 0.264 e. The van der Waals surface area contributed by atoms with Crippen LogP contribution in [0.3, 0.4) is 0 Å². The Hall–Kier alpha value is -2.88. The fraction of sp³-hybridized carbons (Fsp3) is 0. The molecule has 1 nitrogen and oxygen atoms in total. The molecular weight excluding hydrogens is 299 g/mol. The first kappa shape index (κ1) is 15.0. The maximum absolute atomic E-state index is 13.6. The zero-order chi connectivity index (χ0) is 16.4. The molecule has 0 saturated heterocycles. The Balaban J connectivity index is 2.31. The summed E-state index contributed by atoms with van der Waals surface area (Å²) in [4.78, 5) is 3.98. The third kappa shape index (κ3) is 2.75. The van der Waals surface area contributed by atoms with Crippen molar-refractivity contribution in [1.82, 2.24) is 0 Å². The molecule has 0 fully saturated rings. The van der Waals surface area contributed by atoms with E-state index >= 15 is 0 Å². The summed E-state index contributed by atoms with van der Waals surface area (Å²) in [5.41, 5.74) is 2.90. The van der Waals surface area contributed by atoms with Crippen molar-refractivity contribution in [2.45, 2.75) is 0 Å². The minimum absolute atomic E-state index is 0.241. The first-order valence-corrected chi connectivity index (χ1v) is 6.92. The van der Waals surface area contributed by atoms with Gasteiger partial charge in [-0.2, -0.15) is 0 Å². The number of benzene rings is 3.